The third-order valence-electron chi connectivity index (χ3n) is 8.33. The van der Waals surface area contributed by atoms with Crippen LogP contribution in [0.3, 0.4) is 0 Å². The summed E-state index contributed by atoms with van der Waals surface area (Å²) in [5.41, 5.74) is 0. The number of carbonyl (C=O) groups excluding carboxylic acids is 1. The lowest BCUT2D eigenvalue weighted by molar-refractivity contribution is -0.150. The summed E-state index contributed by atoms with van der Waals surface area (Å²) in [4.78, 5) is 23.3. The molecule has 1 unspecified atom stereocenters. The van der Waals surface area contributed by atoms with E-state index in [2.05, 4.69) is 50.3 Å². The molecule has 0 radical (unpaired) electrons. The third kappa shape index (κ3) is 34.6. The first-order chi connectivity index (χ1) is 21.6. The Morgan fingerprint density at radius 1 is 0.500 bits per heavy atom. The highest BCUT2D eigenvalue weighted by atomic mass is 16.5. The summed E-state index contributed by atoms with van der Waals surface area (Å²) in [6.45, 7) is 4.50. The van der Waals surface area contributed by atoms with E-state index < -0.39 is 5.97 Å². The Morgan fingerprint density at radius 2 is 0.886 bits per heavy atom. The minimum atomic E-state index is -0.747. The molecular weight excluding hydrogens is 544 g/mol. The molecule has 0 aliphatic rings. The zero-order chi connectivity index (χ0) is 32.2. The number of aliphatic carboxylic acids is 1. The van der Waals surface area contributed by atoms with E-state index >= 15 is 0 Å². The summed E-state index contributed by atoms with van der Waals surface area (Å²) in [6.07, 6.45) is 45.9. The molecule has 0 aromatic rings. The van der Waals surface area contributed by atoms with Crippen molar-refractivity contribution in [3.8, 4) is 0 Å². The predicted molar refractivity (Wildman–Crippen MR) is 190 cm³/mol. The number of carboxylic acid groups (broad SMARTS) is 1. The fourth-order valence-corrected chi connectivity index (χ4v) is 5.50. The molecule has 0 spiro atoms. The van der Waals surface area contributed by atoms with Crippen LogP contribution in [0, 0.1) is 0 Å². The molecule has 0 rings (SSSR count). The molecule has 256 valence electrons. The number of unbranched alkanes of at least 4 members (excludes halogenated alkanes) is 19. The largest absolute Gasteiger partial charge is 0.481 e. The molecule has 0 saturated heterocycles. The van der Waals surface area contributed by atoms with Crippen LogP contribution in [-0.2, 0) is 14.3 Å². The summed E-state index contributed by atoms with van der Waals surface area (Å²) in [6, 6.07) is 0. The monoisotopic (exact) mass is 617 g/mol. The SMILES string of the molecule is CCCCC/C=C\C/C=C\CCCC/C=C\CCCCCCCC(=O)OC(CCCCCCCCCC)CCCCC(=O)O. The van der Waals surface area contributed by atoms with Crippen LogP contribution >= 0.6 is 0 Å². The second kappa shape index (κ2) is 35.6. The van der Waals surface area contributed by atoms with Gasteiger partial charge in [-0.3, -0.25) is 9.59 Å². The van der Waals surface area contributed by atoms with Crippen molar-refractivity contribution < 1.29 is 19.4 Å². The van der Waals surface area contributed by atoms with E-state index in [1.54, 1.807) is 0 Å². The quantitative estimate of drug-likeness (QED) is 0.0444. The zero-order valence-corrected chi connectivity index (χ0v) is 29.2. The molecule has 4 heteroatoms. The second-order valence-corrected chi connectivity index (χ2v) is 12.8. The van der Waals surface area contributed by atoms with Crippen LogP contribution in [0.25, 0.3) is 0 Å². The molecule has 1 N–H and O–H groups in total. The van der Waals surface area contributed by atoms with E-state index in [1.807, 2.05) is 0 Å². The number of ether oxygens (including phenoxy) is 1. The van der Waals surface area contributed by atoms with Crippen LogP contribution in [0.2, 0.25) is 0 Å². The van der Waals surface area contributed by atoms with Gasteiger partial charge in [0.1, 0.15) is 6.10 Å². The van der Waals surface area contributed by atoms with Crippen molar-refractivity contribution in [2.75, 3.05) is 0 Å². The molecule has 0 aliphatic heterocycles. The van der Waals surface area contributed by atoms with E-state index in [4.69, 9.17) is 9.84 Å². The van der Waals surface area contributed by atoms with Gasteiger partial charge in [0.15, 0.2) is 0 Å². The van der Waals surface area contributed by atoms with E-state index in [0.717, 1.165) is 51.4 Å². The topological polar surface area (TPSA) is 63.6 Å². The minimum Gasteiger partial charge on any atom is -0.481 e. The number of rotatable bonds is 34. The first-order valence-electron chi connectivity index (χ1n) is 19.0. The third-order valence-corrected chi connectivity index (χ3v) is 8.33. The normalized spacial score (nSPS) is 12.6. The molecule has 0 amide bonds. The molecule has 0 aromatic carbocycles. The lowest BCUT2D eigenvalue weighted by Gasteiger charge is -2.18. The van der Waals surface area contributed by atoms with Gasteiger partial charge in [-0.1, -0.05) is 127 Å². The average Bonchev–Trinajstić information content (AvgIpc) is 3.01. The average molecular weight is 617 g/mol. The van der Waals surface area contributed by atoms with Crippen molar-refractivity contribution in [3.05, 3.63) is 36.5 Å². The Balaban J connectivity index is 3.81. The zero-order valence-electron chi connectivity index (χ0n) is 29.2. The standard InChI is InChI=1S/C40H72O4/c1-3-5-7-9-11-13-14-15-16-17-18-19-20-21-22-23-24-25-27-29-31-37-40(43)44-38(35-32-33-36-39(41)42)34-30-28-26-12-10-8-6-4-2/h11,13,15-16,21-22,38H,3-10,12,14,17-20,23-37H2,1-2H3,(H,41,42)/b13-11-,16-15-,22-21-. The van der Waals surface area contributed by atoms with E-state index in [-0.39, 0.29) is 18.5 Å². The van der Waals surface area contributed by atoms with Crippen LogP contribution in [0.15, 0.2) is 36.5 Å². The van der Waals surface area contributed by atoms with Crippen molar-refractivity contribution in [2.45, 2.75) is 206 Å². The maximum Gasteiger partial charge on any atom is 0.306 e. The van der Waals surface area contributed by atoms with Gasteiger partial charge in [0.05, 0.1) is 0 Å². The Labute approximate surface area is 273 Å². The summed E-state index contributed by atoms with van der Waals surface area (Å²) >= 11 is 0. The van der Waals surface area contributed by atoms with Gasteiger partial charge < -0.3 is 9.84 Å². The predicted octanol–water partition coefficient (Wildman–Crippen LogP) is 13.0. The van der Waals surface area contributed by atoms with E-state index in [9.17, 15) is 9.59 Å². The Morgan fingerprint density at radius 3 is 1.45 bits per heavy atom. The molecular formula is C40H72O4. The maximum absolute atomic E-state index is 12.5. The molecule has 0 heterocycles. The van der Waals surface area contributed by atoms with Gasteiger partial charge in [-0.25, -0.2) is 0 Å². The number of carboxylic acids is 1. The van der Waals surface area contributed by atoms with Crippen molar-refractivity contribution in [1.82, 2.24) is 0 Å². The fourth-order valence-electron chi connectivity index (χ4n) is 5.50. The minimum absolute atomic E-state index is 0.0491. The van der Waals surface area contributed by atoms with Crippen molar-refractivity contribution >= 4 is 11.9 Å². The van der Waals surface area contributed by atoms with Crippen LogP contribution in [0.5, 0.6) is 0 Å². The van der Waals surface area contributed by atoms with Crippen molar-refractivity contribution in [3.63, 3.8) is 0 Å². The van der Waals surface area contributed by atoms with E-state index in [1.165, 1.54) is 116 Å². The van der Waals surface area contributed by atoms with Gasteiger partial charge in [0.2, 0.25) is 0 Å². The highest BCUT2D eigenvalue weighted by Crippen LogP contribution is 2.18. The Hall–Kier alpha value is -1.84. The van der Waals surface area contributed by atoms with Crippen molar-refractivity contribution in [1.29, 1.82) is 0 Å². The number of esters is 1. The highest BCUT2D eigenvalue weighted by molar-refractivity contribution is 5.69. The lowest BCUT2D eigenvalue weighted by Crippen LogP contribution is -2.18. The maximum atomic E-state index is 12.5. The van der Waals surface area contributed by atoms with Crippen molar-refractivity contribution in [2.24, 2.45) is 0 Å². The summed E-state index contributed by atoms with van der Waals surface area (Å²) < 4.78 is 5.86. The molecule has 0 saturated carbocycles. The number of hydrogen-bond donors (Lipinski definition) is 1. The second-order valence-electron chi connectivity index (χ2n) is 12.8. The van der Waals surface area contributed by atoms with Gasteiger partial charge in [-0.05, 0) is 96.3 Å². The number of carbonyl (C=O) groups is 2. The fraction of sp³-hybridized carbons (Fsp3) is 0.800. The molecule has 4 nitrogen and oxygen atoms in total. The molecule has 0 fully saturated rings. The van der Waals surface area contributed by atoms with Gasteiger partial charge >= 0.3 is 11.9 Å². The smallest absolute Gasteiger partial charge is 0.306 e. The summed E-state index contributed by atoms with van der Waals surface area (Å²) in [7, 11) is 0. The van der Waals surface area contributed by atoms with Crippen LogP contribution in [0.1, 0.15) is 200 Å². The molecule has 1 atom stereocenters. The summed E-state index contributed by atoms with van der Waals surface area (Å²) in [5.74, 6) is -0.815. The van der Waals surface area contributed by atoms with Gasteiger partial charge in [0, 0.05) is 12.8 Å². The molecule has 44 heavy (non-hydrogen) atoms. The number of hydrogen-bond acceptors (Lipinski definition) is 3. The first kappa shape index (κ1) is 42.2. The van der Waals surface area contributed by atoms with Crippen LogP contribution in [-0.4, -0.2) is 23.1 Å². The molecule has 0 aliphatic carbocycles. The molecule has 0 aromatic heterocycles. The Kier molecular flexibility index (Phi) is 34.1. The Bertz CT molecular complexity index is 708. The highest BCUT2D eigenvalue weighted by Gasteiger charge is 2.14. The van der Waals surface area contributed by atoms with Gasteiger partial charge in [-0.15, -0.1) is 0 Å². The first-order valence-corrected chi connectivity index (χ1v) is 19.0. The van der Waals surface area contributed by atoms with Crippen LogP contribution < -0.4 is 0 Å². The number of allylic oxidation sites excluding steroid dienone is 6. The van der Waals surface area contributed by atoms with E-state index in [0.29, 0.717) is 12.8 Å². The molecule has 0 bridgehead atoms. The summed E-state index contributed by atoms with van der Waals surface area (Å²) in [5, 5.41) is 8.90. The lowest BCUT2D eigenvalue weighted by atomic mass is 10.0. The van der Waals surface area contributed by atoms with Gasteiger partial charge in [-0.2, -0.15) is 0 Å². The van der Waals surface area contributed by atoms with Gasteiger partial charge in [0.25, 0.3) is 0 Å². The van der Waals surface area contributed by atoms with Crippen LogP contribution in [0.4, 0.5) is 0 Å².